The molecule has 0 saturated carbocycles. The second-order valence-corrected chi connectivity index (χ2v) is 4.42. The number of nitrogen functional groups attached to an aromatic ring is 1. The molecule has 0 fully saturated rings. The quantitative estimate of drug-likeness (QED) is 0.527. The summed E-state index contributed by atoms with van der Waals surface area (Å²) in [6.45, 7) is 6.30. The highest BCUT2D eigenvalue weighted by Gasteiger charge is 2.17. The van der Waals surface area contributed by atoms with Gasteiger partial charge < -0.3 is 15.1 Å². The van der Waals surface area contributed by atoms with Gasteiger partial charge in [-0.2, -0.15) is 0 Å². The molecule has 1 heterocycles. The van der Waals surface area contributed by atoms with Crippen LogP contribution in [-0.4, -0.2) is 30.2 Å². The standard InChI is InChI=1S/C13H25N5O/c1-4-6-8-18(9-7-5-2)13-11(19-3)12(17-14)15-10-16-13/h10H,4-9,14H2,1-3H3,(H,15,16,17). The minimum atomic E-state index is 0.519. The highest BCUT2D eigenvalue weighted by Crippen LogP contribution is 2.31. The van der Waals surface area contributed by atoms with Crippen LogP contribution in [0, 0.1) is 0 Å². The second-order valence-electron chi connectivity index (χ2n) is 4.42. The SMILES string of the molecule is CCCCN(CCCC)c1ncnc(NN)c1OC. The van der Waals surface area contributed by atoms with Crippen LogP contribution < -0.4 is 20.9 Å². The molecule has 0 aromatic carbocycles. The summed E-state index contributed by atoms with van der Waals surface area (Å²) in [7, 11) is 1.61. The zero-order chi connectivity index (χ0) is 14.1. The Labute approximate surface area is 115 Å². The van der Waals surface area contributed by atoms with Crippen molar-refractivity contribution in [2.75, 3.05) is 30.5 Å². The van der Waals surface area contributed by atoms with Crippen molar-refractivity contribution in [1.82, 2.24) is 9.97 Å². The Bertz CT molecular complexity index is 364. The molecule has 0 radical (unpaired) electrons. The highest BCUT2D eigenvalue weighted by molar-refractivity contribution is 5.64. The minimum Gasteiger partial charge on any atom is -0.490 e. The van der Waals surface area contributed by atoms with Gasteiger partial charge >= 0.3 is 0 Å². The van der Waals surface area contributed by atoms with Gasteiger partial charge in [-0.15, -0.1) is 0 Å². The Morgan fingerprint density at radius 2 is 1.84 bits per heavy atom. The fraction of sp³-hybridized carbons (Fsp3) is 0.692. The summed E-state index contributed by atoms with van der Waals surface area (Å²) in [6.07, 6.45) is 6.07. The number of rotatable bonds is 9. The van der Waals surface area contributed by atoms with E-state index in [0.29, 0.717) is 11.6 Å². The average Bonchev–Trinajstić information content (AvgIpc) is 2.46. The van der Waals surface area contributed by atoms with E-state index in [1.54, 1.807) is 7.11 Å². The number of unbranched alkanes of at least 4 members (excludes halogenated alkanes) is 2. The van der Waals surface area contributed by atoms with Crippen LogP contribution in [0.2, 0.25) is 0 Å². The molecule has 0 amide bonds. The molecule has 0 unspecified atom stereocenters. The van der Waals surface area contributed by atoms with Gasteiger partial charge in [0.05, 0.1) is 7.11 Å². The summed E-state index contributed by atoms with van der Waals surface area (Å²) in [5, 5.41) is 0. The monoisotopic (exact) mass is 267 g/mol. The Morgan fingerprint density at radius 1 is 1.21 bits per heavy atom. The smallest absolute Gasteiger partial charge is 0.205 e. The normalized spacial score (nSPS) is 10.3. The maximum Gasteiger partial charge on any atom is 0.205 e. The van der Waals surface area contributed by atoms with Gasteiger partial charge in [-0.05, 0) is 12.8 Å². The maximum atomic E-state index is 5.46. The first kappa shape index (κ1) is 15.5. The van der Waals surface area contributed by atoms with Crippen LogP contribution in [0.4, 0.5) is 11.6 Å². The van der Waals surface area contributed by atoms with E-state index >= 15 is 0 Å². The van der Waals surface area contributed by atoms with Crippen LogP contribution >= 0.6 is 0 Å². The van der Waals surface area contributed by atoms with Crippen LogP contribution in [0.3, 0.4) is 0 Å². The van der Waals surface area contributed by atoms with Crippen LogP contribution in [-0.2, 0) is 0 Å². The van der Waals surface area contributed by atoms with Gasteiger partial charge in [-0.25, -0.2) is 15.8 Å². The van der Waals surface area contributed by atoms with E-state index in [-0.39, 0.29) is 0 Å². The number of anilines is 2. The summed E-state index contributed by atoms with van der Waals surface area (Å²) in [6, 6.07) is 0. The third-order valence-corrected chi connectivity index (χ3v) is 2.99. The van der Waals surface area contributed by atoms with E-state index < -0.39 is 0 Å². The van der Waals surface area contributed by atoms with Gasteiger partial charge in [0.25, 0.3) is 0 Å². The Kier molecular flexibility index (Phi) is 6.95. The van der Waals surface area contributed by atoms with Crippen molar-refractivity contribution in [3.8, 4) is 5.75 Å². The summed E-state index contributed by atoms with van der Waals surface area (Å²) in [5.41, 5.74) is 2.55. The second kappa shape index (κ2) is 8.53. The first-order valence-corrected chi connectivity index (χ1v) is 6.88. The lowest BCUT2D eigenvalue weighted by Crippen LogP contribution is -2.27. The molecular formula is C13H25N5O. The van der Waals surface area contributed by atoms with Gasteiger partial charge in [0.2, 0.25) is 5.75 Å². The first-order valence-electron chi connectivity index (χ1n) is 6.88. The van der Waals surface area contributed by atoms with Gasteiger partial charge in [0.15, 0.2) is 11.6 Å². The number of nitrogens with one attached hydrogen (secondary N) is 1. The molecule has 0 aliphatic heterocycles. The average molecular weight is 267 g/mol. The summed E-state index contributed by atoms with van der Waals surface area (Å²) in [4.78, 5) is 10.7. The number of nitrogens with zero attached hydrogens (tertiary/aromatic N) is 3. The van der Waals surface area contributed by atoms with E-state index in [1.807, 2.05) is 0 Å². The fourth-order valence-electron chi connectivity index (χ4n) is 1.90. The van der Waals surface area contributed by atoms with Gasteiger partial charge in [0.1, 0.15) is 6.33 Å². The van der Waals surface area contributed by atoms with Crippen molar-refractivity contribution in [3.05, 3.63) is 6.33 Å². The van der Waals surface area contributed by atoms with Crippen LogP contribution in [0.5, 0.6) is 5.75 Å². The van der Waals surface area contributed by atoms with Gasteiger partial charge in [0, 0.05) is 13.1 Å². The number of methoxy groups -OCH3 is 1. The molecule has 0 atom stereocenters. The molecule has 0 spiro atoms. The highest BCUT2D eigenvalue weighted by atomic mass is 16.5. The van der Waals surface area contributed by atoms with Crippen LogP contribution in [0.1, 0.15) is 39.5 Å². The van der Waals surface area contributed by atoms with Crippen molar-refractivity contribution in [2.24, 2.45) is 5.84 Å². The van der Waals surface area contributed by atoms with Crippen LogP contribution in [0.15, 0.2) is 6.33 Å². The number of ether oxygens (including phenoxy) is 1. The lowest BCUT2D eigenvalue weighted by molar-refractivity contribution is 0.411. The Hall–Kier alpha value is -1.56. The topological polar surface area (TPSA) is 76.3 Å². The molecule has 6 nitrogen and oxygen atoms in total. The molecule has 1 aromatic rings. The minimum absolute atomic E-state index is 0.519. The largest absolute Gasteiger partial charge is 0.490 e. The maximum absolute atomic E-state index is 5.46. The van der Waals surface area contributed by atoms with E-state index in [9.17, 15) is 0 Å². The van der Waals surface area contributed by atoms with E-state index in [1.165, 1.54) is 6.33 Å². The van der Waals surface area contributed by atoms with Crippen molar-refractivity contribution in [3.63, 3.8) is 0 Å². The first-order chi connectivity index (χ1) is 9.28. The summed E-state index contributed by atoms with van der Waals surface area (Å²) >= 11 is 0. The van der Waals surface area contributed by atoms with Crippen molar-refractivity contribution in [2.45, 2.75) is 39.5 Å². The third kappa shape index (κ3) is 4.24. The number of hydrogen-bond donors (Lipinski definition) is 2. The molecule has 0 aliphatic carbocycles. The number of hydrogen-bond acceptors (Lipinski definition) is 6. The summed E-state index contributed by atoms with van der Waals surface area (Å²) < 4.78 is 5.40. The van der Waals surface area contributed by atoms with Crippen molar-refractivity contribution < 1.29 is 4.74 Å². The Morgan fingerprint density at radius 3 is 2.32 bits per heavy atom. The molecule has 6 heteroatoms. The lowest BCUT2D eigenvalue weighted by atomic mass is 10.2. The zero-order valence-corrected chi connectivity index (χ0v) is 12.1. The zero-order valence-electron chi connectivity index (χ0n) is 12.1. The molecule has 19 heavy (non-hydrogen) atoms. The number of hydrazine groups is 1. The molecular weight excluding hydrogens is 242 g/mol. The fourth-order valence-corrected chi connectivity index (χ4v) is 1.90. The van der Waals surface area contributed by atoms with E-state index in [4.69, 9.17) is 10.6 Å². The summed E-state index contributed by atoms with van der Waals surface area (Å²) in [5.74, 6) is 7.40. The molecule has 0 saturated heterocycles. The molecule has 1 rings (SSSR count). The molecule has 108 valence electrons. The molecule has 3 N–H and O–H groups in total. The molecule has 1 aromatic heterocycles. The van der Waals surface area contributed by atoms with Crippen LogP contribution in [0.25, 0.3) is 0 Å². The third-order valence-electron chi connectivity index (χ3n) is 2.99. The van der Waals surface area contributed by atoms with E-state index in [0.717, 1.165) is 44.6 Å². The van der Waals surface area contributed by atoms with Gasteiger partial charge in [-0.1, -0.05) is 26.7 Å². The van der Waals surface area contributed by atoms with E-state index in [2.05, 4.69) is 34.1 Å². The Balaban J connectivity index is 2.98. The van der Waals surface area contributed by atoms with Crippen molar-refractivity contribution >= 4 is 11.6 Å². The number of nitrogens with two attached hydrogens (primary N) is 1. The number of aromatic nitrogens is 2. The lowest BCUT2D eigenvalue weighted by Gasteiger charge is -2.25. The predicted octanol–water partition coefficient (Wildman–Crippen LogP) is 2.18. The molecule has 0 bridgehead atoms. The predicted molar refractivity (Wildman–Crippen MR) is 78.4 cm³/mol. The van der Waals surface area contributed by atoms with Gasteiger partial charge in [-0.3, -0.25) is 0 Å². The molecule has 0 aliphatic rings. The van der Waals surface area contributed by atoms with Crippen molar-refractivity contribution in [1.29, 1.82) is 0 Å².